The number of benzene rings is 3. The summed E-state index contributed by atoms with van der Waals surface area (Å²) >= 11 is 0. The van der Waals surface area contributed by atoms with Gasteiger partial charge in [-0.25, -0.2) is 14.4 Å². The fourth-order valence-corrected chi connectivity index (χ4v) is 9.29. The predicted octanol–water partition coefficient (Wildman–Crippen LogP) is 1.68. The molecule has 1 aromatic heterocycles. The molecule has 1 N–H and O–H groups in total. The van der Waals surface area contributed by atoms with Crippen molar-refractivity contribution in [3.8, 4) is 17.0 Å². The second-order valence-electron chi connectivity index (χ2n) is 6.61. The van der Waals surface area contributed by atoms with E-state index >= 15 is 0 Å². The maximum Gasteiger partial charge on any atom is 0.184 e. The van der Waals surface area contributed by atoms with Crippen LogP contribution in [-0.2, 0) is 0 Å². The number of hydrogen-bond donors (Lipinski definition) is 1. The third-order valence-corrected chi connectivity index (χ3v) is 10.0. The monoisotopic (exact) mass is 370 g/mol. The molecule has 0 bridgehead atoms. The molecule has 5 heteroatoms. The molecule has 0 radical (unpaired) electrons. The molecule has 0 saturated carbocycles. The molecule has 0 aliphatic carbocycles. The van der Waals surface area contributed by atoms with E-state index in [4.69, 9.17) is 0 Å². The van der Waals surface area contributed by atoms with E-state index in [-0.39, 0.29) is 5.75 Å². The molecule has 130 valence electrons. The molecule has 3 aromatic carbocycles. The Kier molecular flexibility index (Phi) is 3.45. The van der Waals surface area contributed by atoms with Gasteiger partial charge in [-0.15, -0.1) is 0 Å². The van der Waals surface area contributed by atoms with Crippen LogP contribution in [-0.4, -0.2) is 23.1 Å². The summed E-state index contributed by atoms with van der Waals surface area (Å²) in [7, 11) is -2.81. The average molecular weight is 370 g/mol. The summed E-state index contributed by atoms with van der Waals surface area (Å²) in [5, 5.41) is 14.6. The van der Waals surface area contributed by atoms with Crippen LogP contribution >= 0.6 is 0 Å². The number of fused-ring (bicyclic) bond motifs is 3. The van der Waals surface area contributed by atoms with Gasteiger partial charge in [0.05, 0.1) is 5.69 Å². The molecule has 2 heterocycles. The fourth-order valence-electron chi connectivity index (χ4n) is 4.25. The van der Waals surface area contributed by atoms with Gasteiger partial charge in [-0.2, -0.15) is 0 Å². The van der Waals surface area contributed by atoms with Gasteiger partial charge < -0.3 is 5.11 Å². The minimum Gasteiger partial charge on any atom is -0.507 e. The van der Waals surface area contributed by atoms with Gasteiger partial charge in [0, 0.05) is 17.8 Å². The van der Waals surface area contributed by atoms with E-state index in [2.05, 4.69) is 34.2 Å². The van der Waals surface area contributed by atoms with Crippen molar-refractivity contribution in [2.75, 3.05) is 0 Å². The maximum atomic E-state index is 14.4. The van der Waals surface area contributed by atoms with E-state index in [0.717, 1.165) is 26.8 Å². The standard InChI is InChI=1S/C22H15FN2OSi/c23-15-11-18(26)21-19(12-15)27(16-7-3-1-4-8-16,17-9-5-2-6-10-17)20-13-24-14-25-22(20)21/h1-14,26H. The first-order chi connectivity index (χ1) is 13.2. The van der Waals surface area contributed by atoms with Crippen molar-refractivity contribution in [3.63, 3.8) is 0 Å². The highest BCUT2D eigenvalue weighted by atomic mass is 28.3. The molecule has 0 unspecified atom stereocenters. The van der Waals surface area contributed by atoms with E-state index in [1.165, 1.54) is 6.33 Å². The number of aromatic nitrogens is 2. The Bertz CT molecular complexity index is 1110. The smallest absolute Gasteiger partial charge is 0.184 e. The van der Waals surface area contributed by atoms with Crippen molar-refractivity contribution in [2.24, 2.45) is 0 Å². The average Bonchev–Trinajstić information content (AvgIpc) is 3.00. The number of aromatic hydroxyl groups is 1. The second-order valence-corrected chi connectivity index (χ2v) is 10.3. The summed E-state index contributed by atoms with van der Waals surface area (Å²) in [4.78, 5) is 8.76. The molecule has 0 saturated heterocycles. The first kappa shape index (κ1) is 15.9. The molecule has 1 aliphatic rings. The van der Waals surface area contributed by atoms with Gasteiger partial charge in [0.2, 0.25) is 0 Å². The van der Waals surface area contributed by atoms with Crippen molar-refractivity contribution in [1.82, 2.24) is 9.97 Å². The molecular weight excluding hydrogens is 355 g/mol. The van der Waals surface area contributed by atoms with Gasteiger partial charge in [0.15, 0.2) is 8.07 Å². The number of phenols is 1. The quantitative estimate of drug-likeness (QED) is 0.481. The van der Waals surface area contributed by atoms with Gasteiger partial charge in [-0.1, -0.05) is 60.7 Å². The summed E-state index contributed by atoms with van der Waals surface area (Å²) in [6.45, 7) is 0. The van der Waals surface area contributed by atoms with Gasteiger partial charge in [0.1, 0.15) is 17.9 Å². The first-order valence-electron chi connectivity index (χ1n) is 8.68. The highest BCUT2D eigenvalue weighted by Crippen LogP contribution is 2.33. The van der Waals surface area contributed by atoms with E-state index in [1.807, 2.05) is 42.6 Å². The molecule has 4 aromatic rings. The molecule has 5 rings (SSSR count). The topological polar surface area (TPSA) is 46.0 Å². The van der Waals surface area contributed by atoms with Crippen LogP contribution in [0.5, 0.6) is 5.75 Å². The summed E-state index contributed by atoms with van der Waals surface area (Å²) in [5.74, 6) is -0.526. The van der Waals surface area contributed by atoms with Crippen molar-refractivity contribution in [1.29, 1.82) is 0 Å². The highest BCUT2D eigenvalue weighted by molar-refractivity contribution is 7.22. The molecule has 27 heavy (non-hydrogen) atoms. The molecule has 0 fully saturated rings. The summed E-state index contributed by atoms with van der Waals surface area (Å²) < 4.78 is 14.4. The number of phenolic OH excluding ortho intramolecular Hbond substituents is 1. The van der Waals surface area contributed by atoms with Crippen LogP contribution in [0.25, 0.3) is 11.3 Å². The zero-order valence-electron chi connectivity index (χ0n) is 14.3. The van der Waals surface area contributed by atoms with Crippen LogP contribution in [0.3, 0.4) is 0 Å². The number of halogens is 1. The number of hydrogen-bond acceptors (Lipinski definition) is 3. The van der Waals surface area contributed by atoms with Crippen molar-refractivity contribution in [2.45, 2.75) is 0 Å². The SMILES string of the molecule is Oc1cc(F)cc2c1-c1ncncc1[Si]2(c1ccccc1)c1ccccc1. The maximum absolute atomic E-state index is 14.4. The Morgan fingerprint density at radius 1 is 0.815 bits per heavy atom. The molecule has 0 spiro atoms. The number of nitrogens with zero attached hydrogens (tertiary/aromatic N) is 2. The Labute approximate surface area is 156 Å². The normalized spacial score (nSPS) is 13.8. The lowest BCUT2D eigenvalue weighted by Gasteiger charge is -2.30. The first-order valence-corrected chi connectivity index (χ1v) is 10.7. The zero-order valence-corrected chi connectivity index (χ0v) is 15.3. The third-order valence-electron chi connectivity index (χ3n) is 5.25. The Balaban J connectivity index is 2.01. The highest BCUT2D eigenvalue weighted by Gasteiger charge is 2.50. The van der Waals surface area contributed by atoms with Crippen molar-refractivity contribution >= 4 is 28.8 Å². The summed E-state index contributed by atoms with van der Waals surface area (Å²) in [6, 6.07) is 22.9. The zero-order chi connectivity index (χ0) is 18.4. The molecule has 3 nitrogen and oxygen atoms in total. The van der Waals surface area contributed by atoms with Crippen LogP contribution < -0.4 is 20.7 Å². The molecule has 0 amide bonds. The van der Waals surface area contributed by atoms with E-state index in [1.54, 1.807) is 6.07 Å². The lowest BCUT2D eigenvalue weighted by atomic mass is 10.1. The Hall–Kier alpha value is -3.31. The fraction of sp³-hybridized carbons (Fsp3) is 0. The van der Waals surface area contributed by atoms with Crippen LogP contribution in [0.2, 0.25) is 0 Å². The lowest BCUT2D eigenvalue weighted by molar-refractivity contribution is 0.471. The van der Waals surface area contributed by atoms with E-state index in [0.29, 0.717) is 11.3 Å². The minimum absolute atomic E-state index is 0.0776. The van der Waals surface area contributed by atoms with Gasteiger partial charge in [0.25, 0.3) is 0 Å². The Morgan fingerprint density at radius 2 is 1.44 bits per heavy atom. The largest absolute Gasteiger partial charge is 0.507 e. The van der Waals surface area contributed by atoms with Crippen molar-refractivity contribution < 1.29 is 9.50 Å². The lowest BCUT2D eigenvalue weighted by Crippen LogP contribution is -2.73. The summed E-state index contributed by atoms with van der Waals surface area (Å²) in [6.07, 6.45) is 3.30. The van der Waals surface area contributed by atoms with Crippen LogP contribution in [0.15, 0.2) is 85.3 Å². The van der Waals surface area contributed by atoms with Crippen LogP contribution in [0.4, 0.5) is 4.39 Å². The van der Waals surface area contributed by atoms with Gasteiger partial charge >= 0.3 is 0 Å². The van der Waals surface area contributed by atoms with Crippen molar-refractivity contribution in [3.05, 3.63) is 91.1 Å². The second kappa shape index (κ2) is 5.86. The van der Waals surface area contributed by atoms with E-state index < -0.39 is 13.9 Å². The minimum atomic E-state index is -2.81. The third kappa shape index (κ3) is 2.12. The molecule has 0 atom stereocenters. The van der Waals surface area contributed by atoms with Gasteiger partial charge in [-0.3, -0.25) is 0 Å². The summed E-state index contributed by atoms with van der Waals surface area (Å²) in [5.41, 5.74) is 1.31. The predicted molar refractivity (Wildman–Crippen MR) is 106 cm³/mol. The van der Waals surface area contributed by atoms with Crippen LogP contribution in [0.1, 0.15) is 0 Å². The van der Waals surface area contributed by atoms with E-state index in [9.17, 15) is 9.50 Å². The molecular formula is C22H15FN2OSi. The Morgan fingerprint density at radius 3 is 2.07 bits per heavy atom. The van der Waals surface area contributed by atoms with Gasteiger partial charge in [-0.05, 0) is 26.8 Å². The molecule has 1 aliphatic heterocycles. The number of rotatable bonds is 2. The van der Waals surface area contributed by atoms with Crippen LogP contribution in [0, 0.1) is 5.82 Å².